The summed E-state index contributed by atoms with van der Waals surface area (Å²) in [6, 6.07) is 0.301. The number of aromatic nitrogens is 1. The number of carbonyl (C=O) groups excluding carboxylic acids is 1. The highest BCUT2D eigenvalue weighted by Crippen LogP contribution is 2.15. The average molecular weight is 228 g/mol. The second-order valence-electron chi connectivity index (χ2n) is 3.26. The van der Waals surface area contributed by atoms with E-state index >= 15 is 0 Å². The van der Waals surface area contributed by atoms with Gasteiger partial charge in [-0.1, -0.05) is 0 Å². The van der Waals surface area contributed by atoms with Crippen molar-refractivity contribution in [1.29, 1.82) is 0 Å². The van der Waals surface area contributed by atoms with Crippen molar-refractivity contribution >= 4 is 17.3 Å². The maximum absolute atomic E-state index is 10.8. The van der Waals surface area contributed by atoms with Gasteiger partial charge in [-0.3, -0.25) is 9.78 Å². The first-order valence-electron chi connectivity index (χ1n) is 4.92. The summed E-state index contributed by atoms with van der Waals surface area (Å²) < 4.78 is 4.55. The Morgan fingerprint density at radius 3 is 3.13 bits per heavy atom. The van der Waals surface area contributed by atoms with Crippen LogP contribution < -0.4 is 5.32 Å². The minimum Gasteiger partial charge on any atom is -0.469 e. The van der Waals surface area contributed by atoms with Gasteiger partial charge in [-0.05, 0) is 19.9 Å². The number of hydrogen-bond donors (Lipinski definition) is 1. The van der Waals surface area contributed by atoms with E-state index in [0.717, 1.165) is 13.0 Å². The Kier molecular flexibility index (Phi) is 5.28. The summed E-state index contributed by atoms with van der Waals surface area (Å²) >= 11 is 1.63. The molecule has 1 aromatic rings. The number of nitrogens with zero attached hydrogens (tertiary/aromatic N) is 1. The van der Waals surface area contributed by atoms with Crippen molar-refractivity contribution in [3.8, 4) is 0 Å². The minimum absolute atomic E-state index is 0.151. The first-order chi connectivity index (χ1) is 7.24. The summed E-state index contributed by atoms with van der Waals surface area (Å²) in [5.74, 6) is -0.151. The van der Waals surface area contributed by atoms with Crippen LogP contribution in [0.2, 0.25) is 0 Å². The smallest absolute Gasteiger partial charge is 0.305 e. The normalized spacial score (nSPS) is 12.4. The third kappa shape index (κ3) is 4.40. The molecular formula is C10H16N2O2S. The molecule has 0 aliphatic rings. The van der Waals surface area contributed by atoms with Gasteiger partial charge in [0.2, 0.25) is 0 Å². The van der Waals surface area contributed by atoms with Gasteiger partial charge in [0.15, 0.2) is 0 Å². The fourth-order valence-electron chi connectivity index (χ4n) is 1.19. The van der Waals surface area contributed by atoms with Crippen LogP contribution in [0.1, 0.15) is 30.7 Å². The lowest BCUT2D eigenvalue weighted by Crippen LogP contribution is -2.19. The van der Waals surface area contributed by atoms with Gasteiger partial charge in [0.1, 0.15) is 0 Å². The van der Waals surface area contributed by atoms with Crippen molar-refractivity contribution < 1.29 is 9.53 Å². The van der Waals surface area contributed by atoms with Crippen LogP contribution in [0.15, 0.2) is 11.7 Å². The molecular weight excluding hydrogens is 212 g/mol. The molecule has 0 aliphatic heterocycles. The highest BCUT2D eigenvalue weighted by atomic mass is 32.1. The van der Waals surface area contributed by atoms with Crippen molar-refractivity contribution in [2.45, 2.75) is 25.8 Å². The standard InChI is InChI=1S/C10H16N2O2S/c1-8(9-6-11-7-15-9)12-5-3-4-10(13)14-2/h6-8,12H,3-5H2,1-2H3. The number of nitrogens with one attached hydrogen (secondary N) is 1. The van der Waals surface area contributed by atoms with Gasteiger partial charge in [0, 0.05) is 23.5 Å². The van der Waals surface area contributed by atoms with Crippen LogP contribution in [0.3, 0.4) is 0 Å². The zero-order valence-corrected chi connectivity index (χ0v) is 9.84. The van der Waals surface area contributed by atoms with E-state index in [9.17, 15) is 4.79 Å². The second kappa shape index (κ2) is 6.53. The molecule has 4 nitrogen and oxygen atoms in total. The SMILES string of the molecule is COC(=O)CCCNC(C)c1cncs1. The van der Waals surface area contributed by atoms with E-state index in [4.69, 9.17) is 0 Å². The van der Waals surface area contributed by atoms with E-state index in [-0.39, 0.29) is 5.97 Å². The van der Waals surface area contributed by atoms with E-state index in [2.05, 4.69) is 22.0 Å². The molecule has 0 fully saturated rings. The summed E-state index contributed by atoms with van der Waals surface area (Å²) in [4.78, 5) is 16.1. The predicted molar refractivity (Wildman–Crippen MR) is 59.8 cm³/mol. The molecule has 5 heteroatoms. The molecule has 84 valence electrons. The van der Waals surface area contributed by atoms with Crippen molar-refractivity contribution in [3.05, 3.63) is 16.6 Å². The molecule has 0 radical (unpaired) electrons. The molecule has 0 saturated carbocycles. The van der Waals surface area contributed by atoms with Crippen LogP contribution in [0.4, 0.5) is 0 Å². The summed E-state index contributed by atoms with van der Waals surface area (Å²) in [5.41, 5.74) is 1.82. The fraction of sp³-hybridized carbons (Fsp3) is 0.600. The largest absolute Gasteiger partial charge is 0.469 e. The summed E-state index contributed by atoms with van der Waals surface area (Å²) in [5, 5.41) is 3.33. The Bertz CT molecular complexity index is 288. The van der Waals surface area contributed by atoms with Crippen LogP contribution >= 0.6 is 11.3 Å². The zero-order valence-electron chi connectivity index (χ0n) is 9.03. The highest BCUT2D eigenvalue weighted by molar-refractivity contribution is 7.09. The van der Waals surface area contributed by atoms with Crippen molar-refractivity contribution in [2.24, 2.45) is 0 Å². The Hall–Kier alpha value is -0.940. The first-order valence-corrected chi connectivity index (χ1v) is 5.80. The molecule has 0 bridgehead atoms. The maximum Gasteiger partial charge on any atom is 0.305 e. The van der Waals surface area contributed by atoms with E-state index < -0.39 is 0 Å². The monoisotopic (exact) mass is 228 g/mol. The van der Waals surface area contributed by atoms with Crippen molar-refractivity contribution in [2.75, 3.05) is 13.7 Å². The third-order valence-corrected chi connectivity index (χ3v) is 3.07. The molecule has 1 aromatic heterocycles. The van der Waals surface area contributed by atoms with Gasteiger partial charge < -0.3 is 10.1 Å². The van der Waals surface area contributed by atoms with Crippen LogP contribution in [0, 0.1) is 0 Å². The lowest BCUT2D eigenvalue weighted by atomic mass is 10.2. The number of hydrogen-bond acceptors (Lipinski definition) is 5. The van der Waals surface area contributed by atoms with Crippen LogP contribution in [0.5, 0.6) is 0 Å². The second-order valence-corrected chi connectivity index (χ2v) is 4.18. The molecule has 0 spiro atoms. The summed E-state index contributed by atoms with van der Waals surface area (Å²) in [7, 11) is 1.41. The molecule has 0 amide bonds. The Morgan fingerprint density at radius 1 is 1.73 bits per heavy atom. The number of carbonyl (C=O) groups is 1. The van der Waals surface area contributed by atoms with Gasteiger partial charge >= 0.3 is 5.97 Å². The molecule has 0 saturated heterocycles. The van der Waals surface area contributed by atoms with Crippen molar-refractivity contribution in [1.82, 2.24) is 10.3 Å². The molecule has 15 heavy (non-hydrogen) atoms. The minimum atomic E-state index is -0.151. The average Bonchev–Trinajstić information content (AvgIpc) is 2.77. The van der Waals surface area contributed by atoms with E-state index in [1.807, 2.05) is 11.7 Å². The summed E-state index contributed by atoms with van der Waals surface area (Å²) in [6.45, 7) is 2.90. The Morgan fingerprint density at radius 2 is 2.53 bits per heavy atom. The van der Waals surface area contributed by atoms with E-state index in [0.29, 0.717) is 12.5 Å². The van der Waals surface area contributed by atoms with Gasteiger partial charge in [0.25, 0.3) is 0 Å². The van der Waals surface area contributed by atoms with Crippen LogP contribution in [-0.4, -0.2) is 24.6 Å². The van der Waals surface area contributed by atoms with Crippen molar-refractivity contribution in [3.63, 3.8) is 0 Å². The Balaban J connectivity index is 2.13. The Labute approximate surface area is 93.7 Å². The molecule has 0 aromatic carbocycles. The molecule has 1 heterocycles. The van der Waals surface area contributed by atoms with E-state index in [1.54, 1.807) is 11.3 Å². The van der Waals surface area contributed by atoms with Crippen LogP contribution in [0.25, 0.3) is 0 Å². The molecule has 1 unspecified atom stereocenters. The number of thiazole rings is 1. The predicted octanol–water partition coefficient (Wildman–Crippen LogP) is 1.75. The van der Waals surface area contributed by atoms with Gasteiger partial charge in [0.05, 0.1) is 12.6 Å². The topological polar surface area (TPSA) is 51.2 Å². The first kappa shape index (κ1) is 12.1. The molecule has 1 atom stereocenters. The van der Waals surface area contributed by atoms with Gasteiger partial charge in [-0.2, -0.15) is 0 Å². The van der Waals surface area contributed by atoms with Gasteiger partial charge in [-0.15, -0.1) is 11.3 Å². The van der Waals surface area contributed by atoms with Gasteiger partial charge in [-0.25, -0.2) is 0 Å². The third-order valence-electron chi connectivity index (χ3n) is 2.11. The number of rotatable bonds is 6. The zero-order chi connectivity index (χ0) is 11.1. The lowest BCUT2D eigenvalue weighted by Gasteiger charge is -2.10. The quantitative estimate of drug-likeness (QED) is 0.595. The molecule has 0 aliphatic carbocycles. The number of esters is 1. The van der Waals surface area contributed by atoms with E-state index in [1.165, 1.54) is 12.0 Å². The lowest BCUT2D eigenvalue weighted by molar-refractivity contribution is -0.140. The highest BCUT2D eigenvalue weighted by Gasteiger charge is 2.06. The number of ether oxygens (including phenoxy) is 1. The fourth-order valence-corrected chi connectivity index (χ4v) is 1.85. The van der Waals surface area contributed by atoms with Crippen LogP contribution in [-0.2, 0) is 9.53 Å². The summed E-state index contributed by atoms with van der Waals surface area (Å²) in [6.07, 6.45) is 3.14. The maximum atomic E-state index is 10.8. The molecule has 1 rings (SSSR count). The molecule has 1 N–H and O–H groups in total. The number of methoxy groups -OCH3 is 1.